The maximum Gasteiger partial charge on any atom is 0.184 e. The Morgan fingerprint density at radius 2 is 1.86 bits per heavy atom. The van der Waals surface area contributed by atoms with Crippen LogP contribution < -0.4 is 0 Å². The van der Waals surface area contributed by atoms with E-state index >= 15 is 0 Å². The summed E-state index contributed by atoms with van der Waals surface area (Å²) in [5.41, 5.74) is 0. The van der Waals surface area contributed by atoms with Gasteiger partial charge >= 0.3 is 0 Å². The van der Waals surface area contributed by atoms with Crippen molar-refractivity contribution in [2.45, 2.75) is 51.0 Å². The Kier molecular flexibility index (Phi) is 4.28. The molecule has 0 amide bonds. The second-order valence-corrected chi connectivity index (χ2v) is 3.55. The van der Waals surface area contributed by atoms with Gasteiger partial charge in [-0.3, -0.25) is 0 Å². The quantitative estimate of drug-likeness (QED) is 0.565. The number of rotatable bonds is 3. The Morgan fingerprint density at radius 1 is 1.21 bits per heavy atom. The van der Waals surface area contributed by atoms with Gasteiger partial charge in [-0.1, -0.05) is 6.92 Å². The molecule has 14 heavy (non-hydrogen) atoms. The van der Waals surface area contributed by atoms with Crippen molar-refractivity contribution in [1.29, 1.82) is 0 Å². The number of hydrogen-bond acceptors (Lipinski definition) is 5. The average molecular weight is 206 g/mol. The molecule has 3 N–H and O–H groups in total. The normalized spacial score (nSPS) is 43.9. The highest BCUT2D eigenvalue weighted by Crippen LogP contribution is 2.21. The largest absolute Gasteiger partial charge is 0.388 e. The van der Waals surface area contributed by atoms with Gasteiger partial charge < -0.3 is 24.8 Å². The molecule has 2 unspecified atom stereocenters. The van der Waals surface area contributed by atoms with Gasteiger partial charge in [-0.25, -0.2) is 0 Å². The minimum absolute atomic E-state index is 0.420. The Balaban J connectivity index is 2.55. The first kappa shape index (κ1) is 11.9. The van der Waals surface area contributed by atoms with Crippen LogP contribution in [0.25, 0.3) is 0 Å². The summed E-state index contributed by atoms with van der Waals surface area (Å²) in [6, 6.07) is 0. The first-order valence-electron chi connectivity index (χ1n) is 4.89. The van der Waals surface area contributed by atoms with Crippen molar-refractivity contribution >= 4 is 0 Å². The fraction of sp³-hybridized carbons (Fsp3) is 1.00. The van der Waals surface area contributed by atoms with Gasteiger partial charge in [0.1, 0.15) is 18.3 Å². The monoisotopic (exact) mass is 206 g/mol. The predicted octanol–water partition coefficient (Wildman–Crippen LogP) is -0.760. The van der Waals surface area contributed by atoms with Gasteiger partial charge in [-0.15, -0.1) is 0 Å². The van der Waals surface area contributed by atoms with Gasteiger partial charge in [-0.2, -0.15) is 0 Å². The van der Waals surface area contributed by atoms with E-state index in [1.54, 1.807) is 6.92 Å². The summed E-state index contributed by atoms with van der Waals surface area (Å²) in [4.78, 5) is 0. The van der Waals surface area contributed by atoms with E-state index in [9.17, 15) is 15.3 Å². The lowest BCUT2D eigenvalue weighted by Crippen LogP contribution is -2.57. The van der Waals surface area contributed by atoms with Crippen LogP contribution in [0.5, 0.6) is 0 Å². The zero-order chi connectivity index (χ0) is 10.7. The first-order valence-corrected chi connectivity index (χ1v) is 4.89. The summed E-state index contributed by atoms with van der Waals surface area (Å²) in [6.07, 6.45) is -3.94. The molecule has 1 saturated heterocycles. The molecular weight excluding hydrogens is 188 g/mol. The van der Waals surface area contributed by atoms with Gasteiger partial charge in [0.2, 0.25) is 0 Å². The fourth-order valence-corrected chi connectivity index (χ4v) is 1.45. The third kappa shape index (κ3) is 2.43. The van der Waals surface area contributed by atoms with Gasteiger partial charge in [-0.05, 0) is 13.3 Å². The minimum atomic E-state index is -1.17. The highest BCUT2D eigenvalue weighted by Gasteiger charge is 2.42. The molecular formula is C9H18O5. The highest BCUT2D eigenvalue weighted by atomic mass is 16.7. The Hall–Kier alpha value is -0.200. The molecule has 1 aliphatic rings. The molecule has 1 heterocycles. The molecule has 0 bridgehead atoms. The zero-order valence-electron chi connectivity index (χ0n) is 8.46. The third-order valence-corrected chi connectivity index (χ3v) is 2.32. The van der Waals surface area contributed by atoms with Crippen LogP contribution in [0.2, 0.25) is 0 Å². The lowest BCUT2D eigenvalue weighted by Gasteiger charge is -2.39. The highest BCUT2D eigenvalue weighted by molar-refractivity contribution is 4.87. The van der Waals surface area contributed by atoms with E-state index in [0.29, 0.717) is 6.61 Å². The first-order chi connectivity index (χ1) is 6.57. The standard InChI is InChI=1S/C9H18O5/c1-3-4-13-8-7(11)6(10)5(2)14-9(8)12/h5-12H,3-4H2,1-2H3/t5?,6-,7-,8?,9+/m0/s1. The molecule has 0 saturated carbocycles. The Morgan fingerprint density at radius 3 is 2.43 bits per heavy atom. The van der Waals surface area contributed by atoms with E-state index < -0.39 is 30.7 Å². The van der Waals surface area contributed by atoms with Crippen LogP contribution in [0, 0.1) is 0 Å². The second-order valence-electron chi connectivity index (χ2n) is 3.55. The average Bonchev–Trinajstić information content (AvgIpc) is 2.14. The van der Waals surface area contributed by atoms with E-state index in [4.69, 9.17) is 9.47 Å². The molecule has 5 atom stereocenters. The molecule has 0 aromatic carbocycles. The summed E-state index contributed by atoms with van der Waals surface area (Å²) >= 11 is 0. The molecule has 1 aliphatic heterocycles. The topological polar surface area (TPSA) is 79.2 Å². The van der Waals surface area contributed by atoms with Crippen molar-refractivity contribution < 1.29 is 24.8 Å². The minimum Gasteiger partial charge on any atom is -0.388 e. The molecule has 0 aromatic heterocycles. The van der Waals surface area contributed by atoms with Crippen LogP contribution in [-0.2, 0) is 9.47 Å². The maximum absolute atomic E-state index is 9.59. The number of aliphatic hydroxyl groups is 3. The SMILES string of the molecule is CCCOC1[C@H](O)OC(C)[C@H](O)[C@@H]1O. The molecule has 0 aromatic rings. The van der Waals surface area contributed by atoms with Crippen LogP contribution in [0.3, 0.4) is 0 Å². The third-order valence-electron chi connectivity index (χ3n) is 2.32. The van der Waals surface area contributed by atoms with E-state index in [2.05, 4.69) is 0 Å². The van der Waals surface area contributed by atoms with E-state index in [-0.39, 0.29) is 0 Å². The number of hydrogen-bond donors (Lipinski definition) is 3. The molecule has 5 nitrogen and oxygen atoms in total. The lowest BCUT2D eigenvalue weighted by molar-refractivity contribution is -0.288. The van der Waals surface area contributed by atoms with Crippen molar-refractivity contribution in [3.05, 3.63) is 0 Å². The van der Waals surface area contributed by atoms with Crippen LogP contribution in [-0.4, -0.2) is 52.6 Å². The van der Waals surface area contributed by atoms with Crippen LogP contribution in [0.15, 0.2) is 0 Å². The van der Waals surface area contributed by atoms with Crippen molar-refractivity contribution in [3.8, 4) is 0 Å². The molecule has 1 rings (SSSR count). The number of aliphatic hydroxyl groups excluding tert-OH is 3. The molecule has 0 radical (unpaired) electrons. The van der Waals surface area contributed by atoms with Gasteiger partial charge in [0.25, 0.3) is 0 Å². The van der Waals surface area contributed by atoms with Crippen molar-refractivity contribution in [2.75, 3.05) is 6.61 Å². The van der Waals surface area contributed by atoms with E-state index in [1.165, 1.54) is 0 Å². The molecule has 1 fully saturated rings. The summed E-state index contributed by atoms with van der Waals surface area (Å²) in [6.45, 7) is 3.93. The van der Waals surface area contributed by atoms with Crippen molar-refractivity contribution in [3.63, 3.8) is 0 Å². The molecule has 0 aliphatic carbocycles. The second kappa shape index (κ2) is 5.04. The van der Waals surface area contributed by atoms with Gasteiger partial charge in [0.05, 0.1) is 6.10 Å². The van der Waals surface area contributed by atoms with Crippen molar-refractivity contribution in [2.24, 2.45) is 0 Å². The smallest absolute Gasteiger partial charge is 0.184 e. The molecule has 84 valence electrons. The summed E-state index contributed by atoms with van der Waals surface area (Å²) < 4.78 is 10.2. The molecule has 5 heteroatoms. The fourth-order valence-electron chi connectivity index (χ4n) is 1.45. The van der Waals surface area contributed by atoms with E-state index in [1.807, 2.05) is 6.92 Å². The number of ether oxygens (including phenoxy) is 2. The predicted molar refractivity (Wildman–Crippen MR) is 48.6 cm³/mol. The van der Waals surface area contributed by atoms with Gasteiger partial charge in [0, 0.05) is 6.61 Å². The maximum atomic E-state index is 9.59. The van der Waals surface area contributed by atoms with Crippen LogP contribution >= 0.6 is 0 Å². The van der Waals surface area contributed by atoms with Gasteiger partial charge in [0.15, 0.2) is 6.29 Å². The zero-order valence-corrected chi connectivity index (χ0v) is 8.46. The lowest BCUT2D eigenvalue weighted by atomic mass is 10.00. The Bertz CT molecular complexity index is 175. The van der Waals surface area contributed by atoms with Crippen LogP contribution in [0.4, 0.5) is 0 Å². The summed E-state index contributed by atoms with van der Waals surface area (Å²) in [7, 11) is 0. The van der Waals surface area contributed by atoms with Crippen molar-refractivity contribution in [1.82, 2.24) is 0 Å². The summed E-state index contributed by atoms with van der Waals surface area (Å²) in [5, 5.41) is 28.5. The molecule has 0 spiro atoms. The van der Waals surface area contributed by atoms with Crippen LogP contribution in [0.1, 0.15) is 20.3 Å². The Labute approximate surface area is 83.3 Å². The van der Waals surface area contributed by atoms with E-state index in [0.717, 1.165) is 6.42 Å². The summed E-state index contributed by atoms with van der Waals surface area (Å²) in [5.74, 6) is 0.